The van der Waals surface area contributed by atoms with E-state index in [2.05, 4.69) is 10.2 Å². The first-order chi connectivity index (χ1) is 11.7. The Balaban J connectivity index is 1.84. The molecule has 0 saturated carbocycles. The normalized spacial score (nSPS) is 23.9. The number of hydrogen-bond donors (Lipinski definition) is 1. The number of carbonyl (C=O) groups is 1. The predicted molar refractivity (Wildman–Crippen MR) is 90.2 cm³/mol. The number of carbonyl (C=O) groups excluding carboxylic acids is 1. The summed E-state index contributed by atoms with van der Waals surface area (Å²) in [6.45, 7) is 4.08. The lowest BCUT2D eigenvalue weighted by molar-refractivity contribution is -0.140. The van der Waals surface area contributed by atoms with Crippen LogP contribution >= 0.6 is 0 Å². The van der Waals surface area contributed by atoms with E-state index in [0.717, 1.165) is 24.9 Å². The zero-order valence-electron chi connectivity index (χ0n) is 14.2. The Bertz CT molecular complexity index is 563. The van der Waals surface area contributed by atoms with Gasteiger partial charge in [0, 0.05) is 32.2 Å². The number of halogens is 1. The van der Waals surface area contributed by atoms with E-state index in [1.54, 1.807) is 6.07 Å². The van der Waals surface area contributed by atoms with Gasteiger partial charge >= 0.3 is 0 Å². The van der Waals surface area contributed by atoms with E-state index < -0.39 is 6.04 Å². The number of nitrogens with one attached hydrogen (secondary N) is 1. The van der Waals surface area contributed by atoms with Crippen LogP contribution in [-0.4, -0.2) is 68.2 Å². The summed E-state index contributed by atoms with van der Waals surface area (Å²) in [4.78, 5) is 17.3. The van der Waals surface area contributed by atoms with Gasteiger partial charge in [0.05, 0.1) is 13.2 Å². The Labute approximate surface area is 142 Å². The number of likely N-dealkylation sites (N-methyl/N-ethyl adjacent to an activating group) is 1. The lowest BCUT2D eigenvalue weighted by Gasteiger charge is -2.39. The molecule has 132 valence electrons. The highest BCUT2D eigenvalue weighted by Crippen LogP contribution is 2.26. The standard InChI is InChI=1S/C18H26FN3O2/c1-20-16-6-3-7-22(13-16)18(23)17(21-8-10-24-11-9-21)14-4-2-5-15(19)12-14/h2,4-5,12,16-17,20H,3,6-11,13H2,1H3/t16-,17+/m0/s1. The molecule has 1 N–H and O–H groups in total. The van der Waals surface area contributed by atoms with Gasteiger partial charge < -0.3 is 15.0 Å². The summed E-state index contributed by atoms with van der Waals surface area (Å²) in [5, 5.41) is 3.27. The molecule has 5 nitrogen and oxygen atoms in total. The summed E-state index contributed by atoms with van der Waals surface area (Å²) >= 11 is 0. The van der Waals surface area contributed by atoms with Crippen LogP contribution < -0.4 is 5.32 Å². The number of benzene rings is 1. The van der Waals surface area contributed by atoms with Crippen molar-refractivity contribution in [1.29, 1.82) is 0 Å². The second-order valence-electron chi connectivity index (χ2n) is 6.52. The molecule has 0 spiro atoms. The molecular formula is C18H26FN3O2. The van der Waals surface area contributed by atoms with Gasteiger partial charge in [0.15, 0.2) is 0 Å². The van der Waals surface area contributed by atoms with Crippen molar-refractivity contribution in [2.75, 3.05) is 46.4 Å². The maximum Gasteiger partial charge on any atom is 0.244 e. The second kappa shape index (κ2) is 8.05. The Kier molecular flexibility index (Phi) is 5.81. The number of amides is 1. The van der Waals surface area contributed by atoms with Crippen molar-refractivity contribution in [3.05, 3.63) is 35.6 Å². The fraction of sp³-hybridized carbons (Fsp3) is 0.611. The van der Waals surface area contributed by atoms with E-state index in [4.69, 9.17) is 4.74 Å². The van der Waals surface area contributed by atoms with Crippen molar-refractivity contribution in [2.45, 2.75) is 24.9 Å². The van der Waals surface area contributed by atoms with Crippen LogP contribution in [0.3, 0.4) is 0 Å². The van der Waals surface area contributed by atoms with Crippen molar-refractivity contribution in [3.8, 4) is 0 Å². The SMILES string of the molecule is CN[C@H]1CCCN(C(=O)[C@@H](c2cccc(F)c2)N2CCOCC2)C1. The van der Waals surface area contributed by atoms with Crippen LogP contribution in [0.5, 0.6) is 0 Å². The molecule has 1 aromatic carbocycles. The minimum absolute atomic E-state index is 0.0717. The Hall–Kier alpha value is -1.50. The van der Waals surface area contributed by atoms with Gasteiger partial charge in [-0.2, -0.15) is 0 Å². The highest BCUT2D eigenvalue weighted by molar-refractivity contribution is 5.83. The number of rotatable bonds is 4. The lowest BCUT2D eigenvalue weighted by atomic mass is 10.00. The Morgan fingerprint density at radius 1 is 1.33 bits per heavy atom. The number of morpholine rings is 1. The first kappa shape index (κ1) is 17.3. The molecule has 0 aromatic heterocycles. The number of likely N-dealkylation sites (tertiary alicyclic amines) is 1. The van der Waals surface area contributed by atoms with E-state index in [1.807, 2.05) is 18.0 Å². The number of ether oxygens (including phenoxy) is 1. The summed E-state index contributed by atoms with van der Waals surface area (Å²) in [6.07, 6.45) is 2.08. The van der Waals surface area contributed by atoms with Crippen molar-refractivity contribution < 1.29 is 13.9 Å². The van der Waals surface area contributed by atoms with Crippen molar-refractivity contribution in [3.63, 3.8) is 0 Å². The number of nitrogens with zero attached hydrogens (tertiary/aromatic N) is 2. The fourth-order valence-electron chi connectivity index (χ4n) is 3.61. The van der Waals surface area contributed by atoms with Gasteiger partial charge in [0.25, 0.3) is 0 Å². The molecule has 3 rings (SSSR count). The molecule has 2 fully saturated rings. The molecule has 2 atom stereocenters. The molecule has 2 aliphatic heterocycles. The molecule has 2 aliphatic rings. The Morgan fingerprint density at radius 2 is 2.12 bits per heavy atom. The molecular weight excluding hydrogens is 309 g/mol. The average molecular weight is 335 g/mol. The largest absolute Gasteiger partial charge is 0.379 e. The van der Waals surface area contributed by atoms with Gasteiger partial charge in [-0.15, -0.1) is 0 Å². The lowest BCUT2D eigenvalue weighted by Crippen LogP contribution is -2.52. The Morgan fingerprint density at radius 3 is 2.83 bits per heavy atom. The van der Waals surface area contributed by atoms with E-state index >= 15 is 0 Å². The van der Waals surface area contributed by atoms with Gasteiger partial charge in [-0.3, -0.25) is 9.69 Å². The highest BCUT2D eigenvalue weighted by atomic mass is 19.1. The van der Waals surface area contributed by atoms with Crippen LogP contribution in [-0.2, 0) is 9.53 Å². The van der Waals surface area contributed by atoms with Crippen LogP contribution in [0.2, 0.25) is 0 Å². The first-order valence-corrected chi connectivity index (χ1v) is 8.72. The summed E-state index contributed by atoms with van der Waals surface area (Å²) in [5.41, 5.74) is 0.730. The summed E-state index contributed by atoms with van der Waals surface area (Å²) in [7, 11) is 1.94. The van der Waals surface area contributed by atoms with Gasteiger partial charge in [-0.1, -0.05) is 12.1 Å². The minimum atomic E-state index is -0.430. The summed E-state index contributed by atoms with van der Waals surface area (Å²) < 4.78 is 19.2. The van der Waals surface area contributed by atoms with Gasteiger partial charge in [0.1, 0.15) is 11.9 Å². The molecule has 24 heavy (non-hydrogen) atoms. The second-order valence-corrected chi connectivity index (χ2v) is 6.52. The van der Waals surface area contributed by atoms with E-state index in [0.29, 0.717) is 38.9 Å². The zero-order chi connectivity index (χ0) is 16.9. The maximum absolute atomic E-state index is 13.7. The topological polar surface area (TPSA) is 44.8 Å². The quantitative estimate of drug-likeness (QED) is 0.904. The fourth-order valence-corrected chi connectivity index (χ4v) is 3.61. The summed E-state index contributed by atoms with van der Waals surface area (Å²) in [6, 6.07) is 6.33. The third-order valence-electron chi connectivity index (χ3n) is 4.95. The van der Waals surface area contributed by atoms with Crippen LogP contribution in [0.1, 0.15) is 24.4 Å². The van der Waals surface area contributed by atoms with E-state index in [9.17, 15) is 9.18 Å². The molecule has 0 aliphatic carbocycles. The third kappa shape index (κ3) is 3.94. The maximum atomic E-state index is 13.7. The van der Waals surface area contributed by atoms with Crippen molar-refractivity contribution in [1.82, 2.24) is 15.1 Å². The third-order valence-corrected chi connectivity index (χ3v) is 4.95. The number of hydrogen-bond acceptors (Lipinski definition) is 4. The van der Waals surface area contributed by atoms with Gasteiger partial charge in [0.2, 0.25) is 5.91 Å². The molecule has 6 heteroatoms. The number of piperidine rings is 1. The molecule has 0 bridgehead atoms. The molecule has 0 radical (unpaired) electrons. The zero-order valence-corrected chi connectivity index (χ0v) is 14.2. The average Bonchev–Trinajstić information content (AvgIpc) is 2.63. The van der Waals surface area contributed by atoms with Crippen molar-refractivity contribution >= 4 is 5.91 Å². The van der Waals surface area contributed by atoms with Crippen LogP contribution in [0.4, 0.5) is 4.39 Å². The first-order valence-electron chi connectivity index (χ1n) is 8.72. The molecule has 1 amide bonds. The van der Waals surface area contributed by atoms with E-state index in [1.165, 1.54) is 12.1 Å². The predicted octanol–water partition coefficient (Wildman–Crippen LogP) is 1.41. The smallest absolute Gasteiger partial charge is 0.244 e. The van der Waals surface area contributed by atoms with Crippen LogP contribution in [0.15, 0.2) is 24.3 Å². The van der Waals surface area contributed by atoms with Crippen LogP contribution in [0, 0.1) is 5.82 Å². The van der Waals surface area contributed by atoms with Crippen molar-refractivity contribution in [2.24, 2.45) is 0 Å². The molecule has 2 heterocycles. The van der Waals surface area contributed by atoms with Gasteiger partial charge in [-0.05, 0) is 37.6 Å². The minimum Gasteiger partial charge on any atom is -0.379 e. The molecule has 1 aromatic rings. The summed E-state index contributed by atoms with van der Waals surface area (Å²) in [5.74, 6) is -0.229. The monoisotopic (exact) mass is 335 g/mol. The molecule has 0 unspecified atom stereocenters. The van der Waals surface area contributed by atoms with Crippen LogP contribution in [0.25, 0.3) is 0 Å². The highest BCUT2D eigenvalue weighted by Gasteiger charge is 2.34. The van der Waals surface area contributed by atoms with E-state index in [-0.39, 0.29) is 11.7 Å². The van der Waals surface area contributed by atoms with Gasteiger partial charge in [-0.25, -0.2) is 4.39 Å². The molecule has 2 saturated heterocycles.